The highest BCUT2D eigenvalue weighted by atomic mass is 79.9. The molecule has 6 nitrogen and oxygen atoms in total. The third-order valence-corrected chi connectivity index (χ3v) is 6.55. The summed E-state index contributed by atoms with van der Waals surface area (Å²) in [5.74, 6) is 0. The second-order valence-electron chi connectivity index (χ2n) is 4.27. The average Bonchev–Trinajstić information content (AvgIpc) is 2.57. The molecule has 0 unspecified atom stereocenters. The standard InChI is InChI=1S/C10H12Br2N2O4S/c11-6-1-5(13)2-7(12)10(6)19(17,18)14-3-8(15)9(16)4-14/h1-2,8-9,15-16H,3-4,13H2/t8-,9+. The molecular weight excluding hydrogens is 404 g/mol. The first-order valence-electron chi connectivity index (χ1n) is 5.34. The minimum atomic E-state index is -3.82. The molecule has 19 heavy (non-hydrogen) atoms. The molecule has 0 aromatic heterocycles. The number of hydrogen-bond acceptors (Lipinski definition) is 5. The van der Waals surface area contributed by atoms with Crippen molar-refractivity contribution in [3.8, 4) is 0 Å². The van der Waals surface area contributed by atoms with E-state index in [4.69, 9.17) is 5.73 Å². The van der Waals surface area contributed by atoms with E-state index in [0.29, 0.717) is 14.6 Å². The first-order chi connectivity index (χ1) is 8.73. The Bertz CT molecular complexity index is 575. The summed E-state index contributed by atoms with van der Waals surface area (Å²) in [6.45, 7) is -0.264. The van der Waals surface area contributed by atoms with E-state index in [1.165, 1.54) is 12.1 Å². The lowest BCUT2D eigenvalue weighted by Gasteiger charge is -2.18. The molecule has 0 aliphatic carbocycles. The van der Waals surface area contributed by atoms with E-state index in [1.54, 1.807) is 0 Å². The van der Waals surface area contributed by atoms with Crippen molar-refractivity contribution in [3.63, 3.8) is 0 Å². The smallest absolute Gasteiger partial charge is 0.245 e. The third-order valence-electron chi connectivity index (χ3n) is 2.84. The van der Waals surface area contributed by atoms with Gasteiger partial charge in [-0.25, -0.2) is 8.42 Å². The van der Waals surface area contributed by atoms with E-state index in [0.717, 1.165) is 4.31 Å². The van der Waals surface area contributed by atoms with Gasteiger partial charge >= 0.3 is 0 Å². The first kappa shape index (κ1) is 15.2. The van der Waals surface area contributed by atoms with Crippen LogP contribution in [0.4, 0.5) is 5.69 Å². The van der Waals surface area contributed by atoms with Crippen molar-refractivity contribution >= 4 is 47.6 Å². The minimum absolute atomic E-state index is 0.0306. The van der Waals surface area contributed by atoms with E-state index in [1.807, 2.05) is 0 Å². The summed E-state index contributed by atoms with van der Waals surface area (Å²) in [5.41, 5.74) is 6.04. The maximum atomic E-state index is 12.5. The fourth-order valence-electron chi connectivity index (χ4n) is 1.89. The maximum absolute atomic E-state index is 12.5. The van der Waals surface area contributed by atoms with Crippen molar-refractivity contribution in [2.75, 3.05) is 18.8 Å². The fourth-order valence-corrected chi connectivity index (χ4v) is 5.90. The van der Waals surface area contributed by atoms with Crippen LogP contribution in [0.25, 0.3) is 0 Å². The van der Waals surface area contributed by atoms with Gasteiger partial charge in [0.2, 0.25) is 10.0 Å². The summed E-state index contributed by atoms with van der Waals surface area (Å²) < 4.78 is 26.7. The highest BCUT2D eigenvalue weighted by molar-refractivity contribution is 9.11. The maximum Gasteiger partial charge on any atom is 0.245 e. The number of sulfonamides is 1. The monoisotopic (exact) mass is 414 g/mol. The van der Waals surface area contributed by atoms with Crippen molar-refractivity contribution in [3.05, 3.63) is 21.1 Å². The Morgan fingerprint density at radius 1 is 1.16 bits per heavy atom. The highest BCUT2D eigenvalue weighted by Crippen LogP contribution is 2.35. The molecule has 0 spiro atoms. The van der Waals surface area contributed by atoms with Crippen molar-refractivity contribution in [2.24, 2.45) is 0 Å². The van der Waals surface area contributed by atoms with Crippen molar-refractivity contribution in [1.29, 1.82) is 0 Å². The Hall–Kier alpha value is -0.190. The van der Waals surface area contributed by atoms with Gasteiger partial charge in [0.05, 0.1) is 12.2 Å². The molecule has 106 valence electrons. The van der Waals surface area contributed by atoms with Gasteiger partial charge in [0, 0.05) is 27.7 Å². The molecule has 9 heteroatoms. The van der Waals surface area contributed by atoms with Gasteiger partial charge in [-0.1, -0.05) is 0 Å². The Labute approximate surface area is 127 Å². The largest absolute Gasteiger partial charge is 0.399 e. The SMILES string of the molecule is Nc1cc(Br)c(S(=O)(=O)N2C[C@@H](O)[C@@H](O)C2)c(Br)c1. The summed E-state index contributed by atoms with van der Waals surface area (Å²) in [4.78, 5) is 0.0306. The van der Waals surface area contributed by atoms with Gasteiger partial charge in [-0.2, -0.15) is 4.31 Å². The molecular formula is C10H12Br2N2O4S. The molecule has 1 saturated heterocycles. The molecule has 1 aliphatic heterocycles. The summed E-state index contributed by atoms with van der Waals surface area (Å²) in [6.07, 6.45) is -2.14. The number of nitrogens with zero attached hydrogens (tertiary/aromatic N) is 1. The van der Waals surface area contributed by atoms with Gasteiger partial charge in [0.1, 0.15) is 4.90 Å². The lowest BCUT2D eigenvalue weighted by molar-refractivity contribution is 0.0572. The average molecular weight is 416 g/mol. The van der Waals surface area contributed by atoms with Crippen molar-refractivity contribution in [2.45, 2.75) is 17.1 Å². The molecule has 1 aromatic carbocycles. The summed E-state index contributed by atoms with van der Waals surface area (Å²) in [7, 11) is -3.82. The molecule has 0 bridgehead atoms. The molecule has 2 rings (SSSR count). The number of aliphatic hydroxyl groups is 2. The van der Waals surface area contributed by atoms with E-state index in [9.17, 15) is 18.6 Å². The summed E-state index contributed by atoms with van der Waals surface area (Å²) in [5, 5.41) is 18.9. The number of aliphatic hydroxyl groups excluding tert-OH is 2. The summed E-state index contributed by atoms with van der Waals surface area (Å²) >= 11 is 6.34. The number of hydrogen-bond donors (Lipinski definition) is 3. The zero-order valence-electron chi connectivity index (χ0n) is 9.62. The number of rotatable bonds is 2. The van der Waals surface area contributed by atoms with E-state index >= 15 is 0 Å². The normalized spacial score (nSPS) is 24.8. The Morgan fingerprint density at radius 3 is 2.00 bits per heavy atom. The lowest BCUT2D eigenvalue weighted by Crippen LogP contribution is -2.30. The van der Waals surface area contributed by atoms with Crippen LogP contribution >= 0.6 is 31.9 Å². The van der Waals surface area contributed by atoms with Crippen molar-refractivity contribution in [1.82, 2.24) is 4.31 Å². The van der Waals surface area contributed by atoms with Crippen LogP contribution in [-0.2, 0) is 10.0 Å². The van der Waals surface area contributed by atoms with Gasteiger partial charge in [-0.3, -0.25) is 0 Å². The molecule has 4 N–H and O–H groups in total. The number of β-amino-alcohol motifs (C(OH)–C–C–N with tert-alkyl or cyclic N) is 2. The van der Waals surface area contributed by atoms with Gasteiger partial charge in [0.15, 0.2) is 0 Å². The second kappa shape index (κ2) is 5.30. The molecule has 2 atom stereocenters. The van der Waals surface area contributed by atoms with Crippen LogP contribution in [0.5, 0.6) is 0 Å². The predicted octanol–water partition coefficient (Wildman–Crippen LogP) is 0.520. The Morgan fingerprint density at radius 2 is 1.58 bits per heavy atom. The number of benzene rings is 1. The van der Waals surface area contributed by atoms with Gasteiger partial charge in [-0.05, 0) is 44.0 Å². The quantitative estimate of drug-likeness (QED) is 0.611. The Balaban J connectivity index is 2.47. The van der Waals surface area contributed by atoms with E-state index < -0.39 is 22.2 Å². The van der Waals surface area contributed by atoms with Crippen LogP contribution in [0.1, 0.15) is 0 Å². The van der Waals surface area contributed by atoms with Crippen LogP contribution in [0, 0.1) is 0 Å². The molecule has 1 fully saturated rings. The molecule has 0 saturated carbocycles. The molecule has 0 amide bonds. The van der Waals surface area contributed by atoms with Crippen LogP contribution < -0.4 is 5.73 Å². The topological polar surface area (TPSA) is 104 Å². The summed E-state index contributed by atoms with van der Waals surface area (Å²) in [6, 6.07) is 2.97. The second-order valence-corrected chi connectivity index (χ2v) is 7.85. The van der Waals surface area contributed by atoms with Gasteiger partial charge in [-0.15, -0.1) is 0 Å². The molecule has 1 heterocycles. The van der Waals surface area contributed by atoms with E-state index in [2.05, 4.69) is 31.9 Å². The van der Waals surface area contributed by atoms with Gasteiger partial charge < -0.3 is 15.9 Å². The van der Waals surface area contributed by atoms with Crippen LogP contribution in [0.3, 0.4) is 0 Å². The molecule has 1 aromatic rings. The minimum Gasteiger partial charge on any atom is -0.399 e. The van der Waals surface area contributed by atoms with Crippen LogP contribution in [0.2, 0.25) is 0 Å². The van der Waals surface area contributed by atoms with Crippen molar-refractivity contribution < 1.29 is 18.6 Å². The fraction of sp³-hybridized carbons (Fsp3) is 0.400. The van der Waals surface area contributed by atoms with Crippen LogP contribution in [-0.4, -0.2) is 48.2 Å². The first-order valence-corrected chi connectivity index (χ1v) is 8.37. The number of nitrogens with two attached hydrogens (primary N) is 1. The zero-order valence-corrected chi connectivity index (χ0v) is 13.6. The molecule has 0 radical (unpaired) electrons. The lowest BCUT2D eigenvalue weighted by atomic mass is 10.3. The van der Waals surface area contributed by atoms with Crippen LogP contribution in [0.15, 0.2) is 26.0 Å². The highest BCUT2D eigenvalue weighted by Gasteiger charge is 2.39. The Kier molecular flexibility index (Phi) is 4.24. The third kappa shape index (κ3) is 2.81. The number of nitrogen functional groups attached to an aromatic ring is 1. The predicted molar refractivity (Wildman–Crippen MR) is 77.0 cm³/mol. The van der Waals surface area contributed by atoms with Gasteiger partial charge in [0.25, 0.3) is 0 Å². The zero-order chi connectivity index (χ0) is 14.4. The molecule has 1 aliphatic rings. The van der Waals surface area contributed by atoms with E-state index in [-0.39, 0.29) is 18.0 Å². The number of anilines is 1. The number of halogens is 2.